The summed E-state index contributed by atoms with van der Waals surface area (Å²) in [6, 6.07) is 0.155. The Morgan fingerprint density at radius 2 is 2.57 bits per heavy atom. The minimum atomic E-state index is -0.0981. The minimum Gasteiger partial charge on any atom is -0.349 e. The highest BCUT2D eigenvalue weighted by atomic mass is 16.1. The fraction of sp³-hybridized carbons (Fsp3) is 0.556. The molecule has 0 saturated heterocycles. The van der Waals surface area contributed by atoms with Gasteiger partial charge in [-0.25, -0.2) is 0 Å². The fourth-order valence-corrected chi connectivity index (χ4v) is 1.22. The maximum Gasteiger partial charge on any atom is 0.254 e. The SMILES string of the molecule is CCC(CCN)NC(=O)c1cn[nH]c1. The molecule has 0 bridgehead atoms. The smallest absolute Gasteiger partial charge is 0.254 e. The van der Waals surface area contributed by atoms with E-state index in [-0.39, 0.29) is 11.9 Å². The van der Waals surface area contributed by atoms with Crippen molar-refractivity contribution in [2.75, 3.05) is 6.54 Å². The van der Waals surface area contributed by atoms with Gasteiger partial charge in [0.25, 0.3) is 5.91 Å². The zero-order valence-electron chi connectivity index (χ0n) is 8.29. The number of nitrogens with zero attached hydrogens (tertiary/aromatic N) is 1. The van der Waals surface area contributed by atoms with E-state index in [9.17, 15) is 4.79 Å². The van der Waals surface area contributed by atoms with Crippen molar-refractivity contribution in [1.82, 2.24) is 15.5 Å². The van der Waals surface area contributed by atoms with E-state index >= 15 is 0 Å². The highest BCUT2D eigenvalue weighted by Crippen LogP contribution is 1.99. The number of aromatic nitrogens is 2. The molecule has 1 heterocycles. The van der Waals surface area contributed by atoms with Crippen molar-refractivity contribution >= 4 is 5.91 Å². The Balaban J connectivity index is 2.47. The first kappa shape index (κ1) is 10.7. The number of amides is 1. The quantitative estimate of drug-likeness (QED) is 0.632. The molecule has 5 heteroatoms. The molecule has 1 rings (SSSR count). The Hall–Kier alpha value is -1.36. The second kappa shape index (κ2) is 5.39. The molecule has 0 saturated carbocycles. The van der Waals surface area contributed by atoms with Gasteiger partial charge in [0, 0.05) is 12.2 Å². The van der Waals surface area contributed by atoms with Gasteiger partial charge in [-0.3, -0.25) is 9.89 Å². The van der Waals surface area contributed by atoms with Crippen LogP contribution in [-0.4, -0.2) is 28.7 Å². The van der Waals surface area contributed by atoms with Gasteiger partial charge in [0.05, 0.1) is 11.8 Å². The van der Waals surface area contributed by atoms with E-state index in [0.717, 1.165) is 12.8 Å². The fourth-order valence-electron chi connectivity index (χ4n) is 1.22. The van der Waals surface area contributed by atoms with Crippen LogP contribution in [0.4, 0.5) is 0 Å². The van der Waals surface area contributed by atoms with Crippen LogP contribution in [0.5, 0.6) is 0 Å². The number of carbonyl (C=O) groups excluding carboxylic acids is 1. The van der Waals surface area contributed by atoms with Crippen molar-refractivity contribution in [3.8, 4) is 0 Å². The second-order valence-electron chi connectivity index (χ2n) is 3.14. The molecule has 0 fully saturated rings. The number of hydrogen-bond acceptors (Lipinski definition) is 3. The third-order valence-electron chi connectivity index (χ3n) is 2.10. The average molecular weight is 196 g/mol. The molecule has 1 unspecified atom stereocenters. The summed E-state index contributed by atoms with van der Waals surface area (Å²) in [7, 11) is 0. The van der Waals surface area contributed by atoms with Gasteiger partial charge in [-0.15, -0.1) is 0 Å². The molecule has 1 amide bonds. The first-order valence-electron chi connectivity index (χ1n) is 4.77. The zero-order chi connectivity index (χ0) is 10.4. The third kappa shape index (κ3) is 2.85. The molecule has 14 heavy (non-hydrogen) atoms. The monoisotopic (exact) mass is 196 g/mol. The highest BCUT2D eigenvalue weighted by molar-refractivity contribution is 5.93. The number of nitrogens with two attached hydrogens (primary N) is 1. The van der Waals surface area contributed by atoms with Crippen LogP contribution >= 0.6 is 0 Å². The molecular weight excluding hydrogens is 180 g/mol. The van der Waals surface area contributed by atoms with Gasteiger partial charge >= 0.3 is 0 Å². The summed E-state index contributed by atoms with van der Waals surface area (Å²) in [6.07, 6.45) is 4.77. The summed E-state index contributed by atoms with van der Waals surface area (Å²) in [5.74, 6) is -0.0981. The number of aromatic amines is 1. The van der Waals surface area contributed by atoms with Crippen molar-refractivity contribution in [3.05, 3.63) is 18.0 Å². The van der Waals surface area contributed by atoms with Crippen LogP contribution < -0.4 is 11.1 Å². The van der Waals surface area contributed by atoms with E-state index in [2.05, 4.69) is 15.5 Å². The largest absolute Gasteiger partial charge is 0.349 e. The average Bonchev–Trinajstić information content (AvgIpc) is 2.69. The lowest BCUT2D eigenvalue weighted by molar-refractivity contribution is 0.0934. The van der Waals surface area contributed by atoms with Gasteiger partial charge in [-0.2, -0.15) is 5.10 Å². The normalized spacial score (nSPS) is 12.4. The molecule has 78 valence electrons. The van der Waals surface area contributed by atoms with E-state index in [4.69, 9.17) is 5.73 Å². The van der Waals surface area contributed by atoms with Gasteiger partial charge in [-0.05, 0) is 19.4 Å². The van der Waals surface area contributed by atoms with E-state index in [1.54, 1.807) is 6.20 Å². The van der Waals surface area contributed by atoms with Crippen LogP contribution in [0.2, 0.25) is 0 Å². The molecule has 1 aromatic heterocycles. The molecule has 5 nitrogen and oxygen atoms in total. The Kier molecular flexibility index (Phi) is 4.12. The highest BCUT2D eigenvalue weighted by Gasteiger charge is 2.11. The molecule has 0 radical (unpaired) electrons. The van der Waals surface area contributed by atoms with Crippen LogP contribution in [-0.2, 0) is 0 Å². The van der Waals surface area contributed by atoms with E-state index < -0.39 is 0 Å². The predicted molar refractivity (Wildman–Crippen MR) is 53.8 cm³/mol. The summed E-state index contributed by atoms with van der Waals surface area (Å²) in [5.41, 5.74) is 5.99. The van der Waals surface area contributed by atoms with Crippen molar-refractivity contribution < 1.29 is 4.79 Å². The van der Waals surface area contributed by atoms with E-state index in [0.29, 0.717) is 12.1 Å². The van der Waals surface area contributed by atoms with Gasteiger partial charge in [-0.1, -0.05) is 6.92 Å². The van der Waals surface area contributed by atoms with Gasteiger partial charge in [0.15, 0.2) is 0 Å². The zero-order valence-corrected chi connectivity index (χ0v) is 8.29. The first-order valence-corrected chi connectivity index (χ1v) is 4.77. The Bertz CT molecular complexity index is 270. The Morgan fingerprint density at radius 1 is 1.79 bits per heavy atom. The minimum absolute atomic E-state index is 0.0981. The summed E-state index contributed by atoms with van der Waals surface area (Å²) < 4.78 is 0. The molecule has 1 aromatic rings. The molecule has 0 aliphatic heterocycles. The van der Waals surface area contributed by atoms with Crippen molar-refractivity contribution in [2.45, 2.75) is 25.8 Å². The molecule has 0 spiro atoms. The number of nitrogens with one attached hydrogen (secondary N) is 2. The molecule has 0 aliphatic carbocycles. The number of rotatable bonds is 5. The predicted octanol–water partition coefficient (Wildman–Crippen LogP) is 0.267. The molecule has 0 aromatic carbocycles. The van der Waals surface area contributed by atoms with Crippen molar-refractivity contribution in [3.63, 3.8) is 0 Å². The summed E-state index contributed by atoms with van der Waals surface area (Å²) >= 11 is 0. The van der Waals surface area contributed by atoms with Crippen molar-refractivity contribution in [2.24, 2.45) is 5.73 Å². The number of hydrogen-bond donors (Lipinski definition) is 3. The van der Waals surface area contributed by atoms with Gasteiger partial charge < -0.3 is 11.1 Å². The maximum absolute atomic E-state index is 11.5. The van der Waals surface area contributed by atoms with Crippen LogP contribution in [0, 0.1) is 0 Å². The lowest BCUT2D eigenvalue weighted by Crippen LogP contribution is -2.35. The van der Waals surface area contributed by atoms with Crippen LogP contribution in [0.3, 0.4) is 0 Å². The maximum atomic E-state index is 11.5. The third-order valence-corrected chi connectivity index (χ3v) is 2.10. The summed E-state index contributed by atoms with van der Waals surface area (Å²) in [5, 5.41) is 9.20. The number of H-pyrrole nitrogens is 1. The molecular formula is C9H16N4O. The van der Waals surface area contributed by atoms with E-state index in [1.165, 1.54) is 6.20 Å². The lowest BCUT2D eigenvalue weighted by Gasteiger charge is -2.14. The second-order valence-corrected chi connectivity index (χ2v) is 3.14. The summed E-state index contributed by atoms with van der Waals surface area (Å²) in [6.45, 7) is 2.61. The Morgan fingerprint density at radius 3 is 3.07 bits per heavy atom. The lowest BCUT2D eigenvalue weighted by atomic mass is 10.1. The molecule has 1 atom stereocenters. The van der Waals surface area contributed by atoms with Crippen LogP contribution in [0.1, 0.15) is 30.1 Å². The standard InChI is InChI=1S/C9H16N4O/c1-2-8(3-4-10)13-9(14)7-5-11-12-6-7/h5-6,8H,2-4,10H2,1H3,(H,11,12)(H,13,14). The van der Waals surface area contributed by atoms with Gasteiger partial charge in [0.1, 0.15) is 0 Å². The van der Waals surface area contributed by atoms with Crippen LogP contribution in [0.15, 0.2) is 12.4 Å². The van der Waals surface area contributed by atoms with Gasteiger partial charge in [0.2, 0.25) is 0 Å². The van der Waals surface area contributed by atoms with Crippen LogP contribution in [0.25, 0.3) is 0 Å². The molecule has 4 N–H and O–H groups in total. The summed E-state index contributed by atoms with van der Waals surface area (Å²) in [4.78, 5) is 11.5. The van der Waals surface area contributed by atoms with E-state index in [1.807, 2.05) is 6.92 Å². The first-order chi connectivity index (χ1) is 6.77. The number of carbonyl (C=O) groups is 1. The molecule has 0 aliphatic rings. The van der Waals surface area contributed by atoms with Crippen molar-refractivity contribution in [1.29, 1.82) is 0 Å². The Labute approximate surface area is 83.1 Å². The topological polar surface area (TPSA) is 83.8 Å².